The first-order chi connectivity index (χ1) is 13.8. The van der Waals surface area contributed by atoms with Gasteiger partial charge in [0.15, 0.2) is 5.11 Å². The van der Waals surface area contributed by atoms with Gasteiger partial charge in [0.1, 0.15) is 5.69 Å². The summed E-state index contributed by atoms with van der Waals surface area (Å²) in [6.07, 6.45) is 0. The van der Waals surface area contributed by atoms with Crippen molar-refractivity contribution in [2.45, 2.75) is 6.92 Å². The number of aryl methyl sites for hydroxylation is 1. The van der Waals surface area contributed by atoms with E-state index in [0.29, 0.717) is 52.6 Å². The molecule has 10 heteroatoms. The molecule has 1 aliphatic heterocycles. The first-order valence-electron chi connectivity index (χ1n) is 8.81. The van der Waals surface area contributed by atoms with Crippen LogP contribution >= 0.6 is 35.4 Å². The summed E-state index contributed by atoms with van der Waals surface area (Å²) in [5.41, 5.74) is 1.80. The number of halogens is 2. The molecule has 1 heterocycles. The van der Waals surface area contributed by atoms with E-state index in [1.807, 2.05) is 16.7 Å². The largest absolute Gasteiger partial charge is 0.362 e. The van der Waals surface area contributed by atoms with Crippen LogP contribution in [-0.4, -0.2) is 47.0 Å². The van der Waals surface area contributed by atoms with E-state index in [1.165, 1.54) is 6.07 Å². The topological polar surface area (TPSA) is 78.7 Å². The molecule has 2 aromatic rings. The standard InChI is InChI=1S/C19H18Cl2N4O3S/c1-12-2-3-13(10-15(12)21)18(26)22-19(29)24-8-6-23(7-9-24)16-5-4-14(20)11-17(16)25(27)28/h2-5,10-11H,6-9H2,1H3,(H,22,26,29). The molecule has 1 amide bonds. The zero-order valence-corrected chi connectivity index (χ0v) is 17.9. The molecule has 2 aromatic carbocycles. The van der Waals surface area contributed by atoms with Gasteiger partial charge in [-0.2, -0.15) is 0 Å². The Morgan fingerprint density at radius 1 is 1.14 bits per heavy atom. The van der Waals surface area contributed by atoms with Crippen LogP contribution in [0.2, 0.25) is 10.0 Å². The number of thiocarbonyl (C=S) groups is 1. The molecule has 0 bridgehead atoms. The fraction of sp³-hybridized carbons (Fsp3) is 0.263. The monoisotopic (exact) mass is 452 g/mol. The third kappa shape index (κ3) is 4.95. The van der Waals surface area contributed by atoms with Crippen molar-refractivity contribution in [3.63, 3.8) is 0 Å². The Balaban J connectivity index is 1.62. The van der Waals surface area contributed by atoms with Gasteiger partial charge in [0, 0.05) is 47.9 Å². The van der Waals surface area contributed by atoms with E-state index in [-0.39, 0.29) is 11.6 Å². The number of carbonyl (C=O) groups excluding carboxylic acids is 1. The molecule has 0 atom stereocenters. The van der Waals surface area contributed by atoms with Crippen LogP contribution < -0.4 is 10.2 Å². The van der Waals surface area contributed by atoms with E-state index in [0.717, 1.165) is 5.56 Å². The number of nitro groups is 1. The third-order valence-corrected chi connectivity index (χ3v) is 5.70. The molecule has 0 radical (unpaired) electrons. The second kappa shape index (κ2) is 8.94. The average molecular weight is 453 g/mol. The molecular formula is C19H18Cl2N4O3S. The van der Waals surface area contributed by atoms with Gasteiger partial charge in [-0.3, -0.25) is 20.2 Å². The van der Waals surface area contributed by atoms with Gasteiger partial charge in [-0.15, -0.1) is 0 Å². The molecule has 0 aromatic heterocycles. The number of nitro benzene ring substituents is 1. The Morgan fingerprint density at radius 3 is 2.45 bits per heavy atom. The fourth-order valence-corrected chi connectivity index (χ4v) is 3.67. The number of anilines is 1. The Morgan fingerprint density at radius 2 is 1.83 bits per heavy atom. The van der Waals surface area contributed by atoms with Crippen LogP contribution in [0.3, 0.4) is 0 Å². The Kier molecular flexibility index (Phi) is 6.56. The van der Waals surface area contributed by atoms with Gasteiger partial charge in [0.25, 0.3) is 11.6 Å². The average Bonchev–Trinajstić information content (AvgIpc) is 2.70. The Labute approximate surface area is 183 Å². The highest BCUT2D eigenvalue weighted by atomic mass is 35.5. The molecule has 0 spiro atoms. The van der Waals surface area contributed by atoms with Crippen molar-refractivity contribution in [1.82, 2.24) is 10.2 Å². The molecule has 3 rings (SSSR count). The van der Waals surface area contributed by atoms with Gasteiger partial charge in [0.05, 0.1) is 4.92 Å². The van der Waals surface area contributed by atoms with E-state index >= 15 is 0 Å². The van der Waals surface area contributed by atoms with E-state index < -0.39 is 4.92 Å². The van der Waals surface area contributed by atoms with Crippen LogP contribution in [-0.2, 0) is 0 Å². The Hall–Kier alpha value is -2.42. The van der Waals surface area contributed by atoms with E-state index in [9.17, 15) is 14.9 Å². The normalized spacial score (nSPS) is 13.9. The molecule has 0 unspecified atom stereocenters. The summed E-state index contributed by atoms with van der Waals surface area (Å²) in [5.74, 6) is -0.326. The van der Waals surface area contributed by atoms with Crippen molar-refractivity contribution < 1.29 is 9.72 Å². The van der Waals surface area contributed by atoms with Crippen molar-refractivity contribution in [2.24, 2.45) is 0 Å². The Bertz CT molecular complexity index is 978. The van der Waals surface area contributed by atoms with E-state index in [4.69, 9.17) is 35.4 Å². The van der Waals surface area contributed by atoms with Gasteiger partial charge >= 0.3 is 0 Å². The number of amides is 1. The van der Waals surface area contributed by atoms with Crippen LogP contribution in [0.4, 0.5) is 11.4 Å². The van der Waals surface area contributed by atoms with Crippen LogP contribution in [0.5, 0.6) is 0 Å². The number of hydrogen-bond donors (Lipinski definition) is 1. The van der Waals surface area contributed by atoms with Gasteiger partial charge < -0.3 is 9.80 Å². The van der Waals surface area contributed by atoms with Crippen LogP contribution in [0.1, 0.15) is 15.9 Å². The molecule has 1 aliphatic rings. The maximum absolute atomic E-state index is 12.4. The van der Waals surface area contributed by atoms with Gasteiger partial charge in [-0.1, -0.05) is 29.3 Å². The number of nitrogens with zero attached hydrogens (tertiary/aromatic N) is 3. The molecule has 0 saturated carbocycles. The van der Waals surface area contributed by atoms with Crippen molar-refractivity contribution in [1.29, 1.82) is 0 Å². The lowest BCUT2D eigenvalue weighted by atomic mass is 10.1. The molecule has 7 nitrogen and oxygen atoms in total. The second-order valence-electron chi connectivity index (χ2n) is 6.59. The highest BCUT2D eigenvalue weighted by Crippen LogP contribution is 2.31. The number of benzene rings is 2. The van der Waals surface area contributed by atoms with Crippen LogP contribution in [0.25, 0.3) is 0 Å². The lowest BCUT2D eigenvalue weighted by Crippen LogP contribution is -2.52. The highest BCUT2D eigenvalue weighted by Gasteiger charge is 2.25. The highest BCUT2D eigenvalue weighted by molar-refractivity contribution is 7.80. The maximum atomic E-state index is 12.4. The minimum atomic E-state index is -0.439. The van der Waals surface area contributed by atoms with Crippen molar-refractivity contribution in [3.8, 4) is 0 Å². The molecule has 0 aliphatic carbocycles. The summed E-state index contributed by atoms with van der Waals surface area (Å²) in [6.45, 7) is 3.95. The molecular weight excluding hydrogens is 435 g/mol. The molecule has 1 N–H and O–H groups in total. The first kappa shape index (κ1) is 21.3. The van der Waals surface area contributed by atoms with Crippen LogP contribution in [0, 0.1) is 17.0 Å². The molecule has 29 heavy (non-hydrogen) atoms. The van der Waals surface area contributed by atoms with E-state index in [2.05, 4.69) is 5.32 Å². The SMILES string of the molecule is Cc1ccc(C(=O)NC(=S)N2CCN(c3ccc(Cl)cc3[N+](=O)[O-])CC2)cc1Cl. The maximum Gasteiger partial charge on any atom is 0.294 e. The van der Waals surface area contributed by atoms with Crippen molar-refractivity contribution in [2.75, 3.05) is 31.1 Å². The quantitative estimate of drug-likeness (QED) is 0.429. The fourth-order valence-electron chi connectivity index (χ4n) is 3.04. The summed E-state index contributed by atoms with van der Waals surface area (Å²) < 4.78 is 0. The summed E-state index contributed by atoms with van der Waals surface area (Å²) in [7, 11) is 0. The predicted octanol–water partition coefficient (Wildman–Crippen LogP) is 4.05. The number of nitrogens with one attached hydrogen (secondary N) is 1. The number of hydrogen-bond acceptors (Lipinski definition) is 5. The third-order valence-electron chi connectivity index (χ3n) is 4.70. The second-order valence-corrected chi connectivity index (χ2v) is 7.82. The summed E-state index contributed by atoms with van der Waals surface area (Å²) in [6, 6.07) is 9.70. The lowest BCUT2D eigenvalue weighted by Gasteiger charge is -2.37. The van der Waals surface area contributed by atoms with Crippen LogP contribution in [0.15, 0.2) is 36.4 Å². The molecule has 1 fully saturated rings. The van der Waals surface area contributed by atoms with Gasteiger partial charge in [-0.25, -0.2) is 0 Å². The molecule has 1 saturated heterocycles. The predicted molar refractivity (Wildman–Crippen MR) is 118 cm³/mol. The zero-order chi connectivity index (χ0) is 21.1. The minimum Gasteiger partial charge on any atom is -0.362 e. The van der Waals surface area contributed by atoms with Gasteiger partial charge in [0.2, 0.25) is 0 Å². The van der Waals surface area contributed by atoms with E-state index in [1.54, 1.807) is 30.3 Å². The first-order valence-corrected chi connectivity index (χ1v) is 9.98. The number of rotatable bonds is 3. The van der Waals surface area contributed by atoms with Gasteiger partial charge in [-0.05, 0) is 49.0 Å². The number of piperazine rings is 1. The van der Waals surface area contributed by atoms with Crippen molar-refractivity contribution >= 4 is 57.8 Å². The number of carbonyl (C=O) groups is 1. The van der Waals surface area contributed by atoms with Crippen molar-refractivity contribution in [3.05, 3.63) is 67.7 Å². The summed E-state index contributed by atoms with van der Waals surface area (Å²) in [5, 5.41) is 15.2. The minimum absolute atomic E-state index is 0.0296. The summed E-state index contributed by atoms with van der Waals surface area (Å²) >= 11 is 17.3. The summed E-state index contributed by atoms with van der Waals surface area (Å²) in [4.78, 5) is 27.1. The molecule has 152 valence electrons. The zero-order valence-electron chi connectivity index (χ0n) is 15.5. The lowest BCUT2D eigenvalue weighted by molar-refractivity contribution is -0.384. The smallest absolute Gasteiger partial charge is 0.294 e.